The molecule has 178 valence electrons. The van der Waals surface area contributed by atoms with Crippen molar-refractivity contribution in [2.75, 3.05) is 19.8 Å². The lowest BCUT2D eigenvalue weighted by Gasteiger charge is -2.08. The van der Waals surface area contributed by atoms with Crippen LogP contribution < -0.4 is 5.32 Å². The van der Waals surface area contributed by atoms with Crippen LogP contribution in [-0.4, -0.2) is 48.0 Å². The number of aliphatic hydroxyl groups is 2. The largest absolute Gasteiger partial charge is 0.464 e. The predicted octanol–water partition coefficient (Wildman–Crippen LogP) is 4.65. The zero-order valence-corrected chi connectivity index (χ0v) is 19.3. The Balaban J connectivity index is 3.29. The maximum atomic E-state index is 11.8. The molecule has 0 aliphatic rings. The van der Waals surface area contributed by atoms with Crippen molar-refractivity contribution < 1.29 is 24.5 Å². The van der Waals surface area contributed by atoms with E-state index in [1.807, 2.05) is 0 Å². The van der Waals surface area contributed by atoms with Crippen molar-refractivity contribution in [3.05, 3.63) is 0 Å². The number of amides is 1. The minimum Gasteiger partial charge on any atom is -0.464 e. The Morgan fingerprint density at radius 1 is 0.800 bits per heavy atom. The summed E-state index contributed by atoms with van der Waals surface area (Å²) in [5.74, 6) is -0.328. The highest BCUT2D eigenvalue weighted by Gasteiger charge is 2.07. The first kappa shape index (κ1) is 28.9. The SMILES string of the molecule is CCCCCCCCCCCCCCCC(=O)NCCOC(=O)CCC[C@H](O)CO. The molecule has 0 aromatic carbocycles. The van der Waals surface area contributed by atoms with Crippen LogP contribution in [-0.2, 0) is 14.3 Å². The summed E-state index contributed by atoms with van der Waals surface area (Å²) in [6, 6.07) is 0. The number of hydrogen-bond acceptors (Lipinski definition) is 5. The minimum atomic E-state index is -0.776. The van der Waals surface area contributed by atoms with E-state index in [2.05, 4.69) is 12.2 Å². The fourth-order valence-electron chi connectivity index (χ4n) is 3.39. The molecule has 0 aliphatic carbocycles. The van der Waals surface area contributed by atoms with Crippen molar-refractivity contribution in [1.82, 2.24) is 5.32 Å². The van der Waals surface area contributed by atoms with Gasteiger partial charge < -0.3 is 20.3 Å². The molecule has 0 spiro atoms. The molecule has 0 heterocycles. The molecule has 0 fully saturated rings. The van der Waals surface area contributed by atoms with Gasteiger partial charge in [0.05, 0.1) is 19.3 Å². The molecule has 0 unspecified atom stereocenters. The smallest absolute Gasteiger partial charge is 0.305 e. The van der Waals surface area contributed by atoms with Crippen LogP contribution in [0, 0.1) is 0 Å². The third-order valence-corrected chi connectivity index (χ3v) is 5.32. The average Bonchev–Trinajstić information content (AvgIpc) is 2.74. The number of ether oxygens (including phenoxy) is 1. The zero-order chi connectivity index (χ0) is 22.3. The van der Waals surface area contributed by atoms with E-state index in [-0.39, 0.29) is 31.5 Å². The highest BCUT2D eigenvalue weighted by Crippen LogP contribution is 2.12. The van der Waals surface area contributed by atoms with Crippen LogP contribution in [0.3, 0.4) is 0 Å². The van der Waals surface area contributed by atoms with Crippen LogP contribution in [0.5, 0.6) is 0 Å². The van der Waals surface area contributed by atoms with Crippen LogP contribution >= 0.6 is 0 Å². The van der Waals surface area contributed by atoms with Gasteiger partial charge in [-0.15, -0.1) is 0 Å². The first-order chi connectivity index (χ1) is 14.6. The standard InChI is InChI=1S/C24H47NO5/c1-2-3-4-5-6-7-8-9-10-11-12-13-14-17-23(28)25-19-20-30-24(29)18-15-16-22(27)21-26/h22,26-27H,2-21H2,1H3,(H,25,28)/t22-/m0/s1. The highest BCUT2D eigenvalue weighted by atomic mass is 16.5. The Morgan fingerprint density at radius 2 is 1.33 bits per heavy atom. The second-order valence-corrected chi connectivity index (χ2v) is 8.29. The molecule has 6 heteroatoms. The molecule has 30 heavy (non-hydrogen) atoms. The molecule has 0 bridgehead atoms. The fraction of sp³-hybridized carbons (Fsp3) is 0.917. The summed E-state index contributed by atoms with van der Waals surface area (Å²) in [6.07, 6.45) is 17.6. The zero-order valence-electron chi connectivity index (χ0n) is 19.3. The third-order valence-electron chi connectivity index (χ3n) is 5.32. The molecule has 3 N–H and O–H groups in total. The molecule has 1 atom stereocenters. The monoisotopic (exact) mass is 429 g/mol. The Bertz CT molecular complexity index is 403. The van der Waals surface area contributed by atoms with Crippen molar-refractivity contribution in [1.29, 1.82) is 0 Å². The average molecular weight is 430 g/mol. The quantitative estimate of drug-likeness (QED) is 0.172. The van der Waals surface area contributed by atoms with Gasteiger partial charge in [-0.3, -0.25) is 9.59 Å². The van der Waals surface area contributed by atoms with Gasteiger partial charge in [-0.25, -0.2) is 0 Å². The van der Waals surface area contributed by atoms with E-state index >= 15 is 0 Å². The van der Waals surface area contributed by atoms with Gasteiger partial charge >= 0.3 is 5.97 Å². The lowest BCUT2D eigenvalue weighted by molar-refractivity contribution is -0.144. The summed E-state index contributed by atoms with van der Waals surface area (Å²) in [5, 5.41) is 20.7. The summed E-state index contributed by atoms with van der Waals surface area (Å²) in [4.78, 5) is 23.3. The maximum Gasteiger partial charge on any atom is 0.305 e. The van der Waals surface area contributed by atoms with E-state index in [4.69, 9.17) is 9.84 Å². The normalized spacial score (nSPS) is 12.0. The Labute approximate surface area is 184 Å². The first-order valence-corrected chi connectivity index (χ1v) is 12.3. The lowest BCUT2D eigenvalue weighted by Crippen LogP contribution is -2.27. The molecule has 0 aliphatic heterocycles. The Hall–Kier alpha value is -1.14. The van der Waals surface area contributed by atoms with Crippen molar-refractivity contribution in [3.63, 3.8) is 0 Å². The lowest BCUT2D eigenvalue weighted by atomic mass is 10.0. The van der Waals surface area contributed by atoms with Crippen molar-refractivity contribution in [2.45, 2.75) is 122 Å². The van der Waals surface area contributed by atoms with Gasteiger partial charge in [0.15, 0.2) is 0 Å². The second kappa shape index (κ2) is 22.5. The van der Waals surface area contributed by atoms with Crippen molar-refractivity contribution in [3.8, 4) is 0 Å². The summed E-state index contributed by atoms with van der Waals surface area (Å²) in [7, 11) is 0. The Kier molecular flexibility index (Phi) is 21.7. The van der Waals surface area contributed by atoms with Gasteiger partial charge in [0.25, 0.3) is 0 Å². The molecule has 1 amide bonds. The highest BCUT2D eigenvalue weighted by molar-refractivity contribution is 5.75. The van der Waals surface area contributed by atoms with E-state index in [0.29, 0.717) is 25.8 Å². The molecule has 0 radical (unpaired) electrons. The molecule has 0 aromatic rings. The number of rotatable bonds is 22. The predicted molar refractivity (Wildman–Crippen MR) is 121 cm³/mol. The van der Waals surface area contributed by atoms with E-state index in [1.165, 1.54) is 70.6 Å². The van der Waals surface area contributed by atoms with Crippen LogP contribution in [0.2, 0.25) is 0 Å². The molecule has 0 saturated heterocycles. The van der Waals surface area contributed by atoms with Gasteiger partial charge in [-0.2, -0.15) is 0 Å². The van der Waals surface area contributed by atoms with Gasteiger partial charge in [0, 0.05) is 12.8 Å². The second-order valence-electron chi connectivity index (χ2n) is 8.29. The first-order valence-electron chi connectivity index (χ1n) is 12.3. The number of carbonyl (C=O) groups excluding carboxylic acids is 2. The van der Waals surface area contributed by atoms with E-state index in [1.54, 1.807) is 0 Å². The molecule has 0 saturated carbocycles. The van der Waals surface area contributed by atoms with E-state index < -0.39 is 6.10 Å². The number of aliphatic hydroxyl groups excluding tert-OH is 2. The maximum absolute atomic E-state index is 11.8. The van der Waals surface area contributed by atoms with Gasteiger partial charge in [0.2, 0.25) is 5.91 Å². The van der Waals surface area contributed by atoms with Gasteiger partial charge in [-0.05, 0) is 19.3 Å². The summed E-state index contributed by atoms with van der Waals surface area (Å²) in [6.45, 7) is 2.47. The van der Waals surface area contributed by atoms with Crippen LogP contribution in [0.4, 0.5) is 0 Å². The number of nitrogens with one attached hydrogen (secondary N) is 1. The van der Waals surface area contributed by atoms with E-state index in [0.717, 1.165) is 12.8 Å². The van der Waals surface area contributed by atoms with Crippen LogP contribution in [0.1, 0.15) is 116 Å². The molecule has 0 aromatic heterocycles. The third kappa shape index (κ3) is 21.6. The van der Waals surface area contributed by atoms with Crippen LogP contribution in [0.25, 0.3) is 0 Å². The fourth-order valence-corrected chi connectivity index (χ4v) is 3.39. The molecular weight excluding hydrogens is 382 g/mol. The topological polar surface area (TPSA) is 95.9 Å². The number of carbonyl (C=O) groups is 2. The van der Waals surface area contributed by atoms with Crippen LogP contribution in [0.15, 0.2) is 0 Å². The summed E-state index contributed by atoms with van der Waals surface area (Å²) < 4.78 is 5.03. The number of esters is 1. The summed E-state index contributed by atoms with van der Waals surface area (Å²) in [5.41, 5.74) is 0. The minimum absolute atomic E-state index is 0.0141. The molecular formula is C24H47NO5. The van der Waals surface area contributed by atoms with Crippen molar-refractivity contribution >= 4 is 11.9 Å². The molecule has 0 rings (SSSR count). The Morgan fingerprint density at radius 3 is 1.87 bits per heavy atom. The molecule has 6 nitrogen and oxygen atoms in total. The van der Waals surface area contributed by atoms with Gasteiger partial charge in [-0.1, -0.05) is 84.0 Å². The van der Waals surface area contributed by atoms with Crippen molar-refractivity contribution in [2.24, 2.45) is 0 Å². The van der Waals surface area contributed by atoms with Gasteiger partial charge in [0.1, 0.15) is 6.61 Å². The number of hydrogen-bond donors (Lipinski definition) is 3. The summed E-state index contributed by atoms with van der Waals surface area (Å²) >= 11 is 0. The number of unbranched alkanes of at least 4 members (excludes halogenated alkanes) is 12. The van der Waals surface area contributed by atoms with E-state index in [9.17, 15) is 14.7 Å².